The number of nitrogens with two attached hydrogens (primary N) is 1. The predicted octanol–water partition coefficient (Wildman–Crippen LogP) is 2.16. The van der Waals surface area contributed by atoms with Crippen LogP contribution in [-0.4, -0.2) is 36.1 Å². The average molecular weight is 254 g/mol. The molecule has 102 valence electrons. The van der Waals surface area contributed by atoms with Crippen LogP contribution in [0.25, 0.3) is 0 Å². The van der Waals surface area contributed by atoms with Gasteiger partial charge in [-0.2, -0.15) is 13.2 Å². The zero-order chi connectivity index (χ0) is 13.9. The van der Waals surface area contributed by atoms with E-state index in [1.54, 1.807) is 27.7 Å². The van der Waals surface area contributed by atoms with Gasteiger partial charge in [0.1, 0.15) is 6.54 Å². The van der Waals surface area contributed by atoms with Crippen LogP contribution >= 0.6 is 0 Å². The predicted molar refractivity (Wildman–Crippen MR) is 60.4 cm³/mol. The fourth-order valence-corrected chi connectivity index (χ4v) is 1.32. The number of nitrogens with zero attached hydrogens (tertiary/aromatic N) is 1. The van der Waals surface area contributed by atoms with Gasteiger partial charge in [-0.25, -0.2) is 0 Å². The normalized spacial score (nSPS) is 14.6. The topological polar surface area (TPSA) is 46.3 Å². The minimum atomic E-state index is -4.39. The van der Waals surface area contributed by atoms with Gasteiger partial charge in [-0.15, -0.1) is 0 Å². The van der Waals surface area contributed by atoms with Crippen molar-refractivity contribution in [1.29, 1.82) is 0 Å². The van der Waals surface area contributed by atoms with Gasteiger partial charge in [-0.05, 0) is 11.8 Å². The summed E-state index contributed by atoms with van der Waals surface area (Å²) in [6.45, 7) is 5.75. The first-order valence-corrected chi connectivity index (χ1v) is 5.60. The lowest BCUT2D eigenvalue weighted by Gasteiger charge is -2.32. The van der Waals surface area contributed by atoms with Crippen molar-refractivity contribution in [2.24, 2.45) is 11.1 Å². The van der Waals surface area contributed by atoms with Crippen molar-refractivity contribution in [1.82, 2.24) is 4.90 Å². The summed E-state index contributed by atoms with van der Waals surface area (Å²) in [4.78, 5) is 12.6. The summed E-state index contributed by atoms with van der Waals surface area (Å²) in [5.74, 6) is -0.642. The second kappa shape index (κ2) is 5.71. The third kappa shape index (κ3) is 5.91. The van der Waals surface area contributed by atoms with Crippen molar-refractivity contribution in [3.8, 4) is 0 Å². The highest BCUT2D eigenvalue weighted by Crippen LogP contribution is 2.22. The second-order valence-electron chi connectivity index (χ2n) is 5.22. The van der Waals surface area contributed by atoms with Crippen molar-refractivity contribution < 1.29 is 18.0 Å². The zero-order valence-corrected chi connectivity index (χ0v) is 10.8. The molecule has 0 unspecified atom stereocenters. The first-order chi connectivity index (χ1) is 7.49. The molecule has 0 saturated carbocycles. The first kappa shape index (κ1) is 16.2. The van der Waals surface area contributed by atoms with Gasteiger partial charge in [-0.3, -0.25) is 4.79 Å². The Morgan fingerprint density at radius 3 is 2.06 bits per heavy atom. The summed E-state index contributed by atoms with van der Waals surface area (Å²) in [6, 6.07) is -0.920. The number of hydrogen-bond donors (Lipinski definition) is 1. The Morgan fingerprint density at radius 1 is 1.29 bits per heavy atom. The van der Waals surface area contributed by atoms with E-state index < -0.39 is 30.1 Å². The monoisotopic (exact) mass is 254 g/mol. The molecule has 2 N–H and O–H groups in total. The van der Waals surface area contributed by atoms with Gasteiger partial charge >= 0.3 is 6.18 Å². The van der Waals surface area contributed by atoms with Crippen LogP contribution in [0, 0.1) is 5.41 Å². The third-order valence-corrected chi connectivity index (χ3v) is 2.37. The zero-order valence-electron chi connectivity index (χ0n) is 10.8. The molecule has 0 aromatic heterocycles. The Balaban J connectivity index is 4.77. The molecule has 6 heteroatoms. The number of amides is 1. The number of alkyl halides is 3. The number of carbonyl (C=O) groups is 1. The van der Waals surface area contributed by atoms with Gasteiger partial charge in [0.25, 0.3) is 0 Å². The molecule has 0 bridgehead atoms. The molecule has 0 saturated heterocycles. The summed E-state index contributed by atoms with van der Waals surface area (Å²) in [5.41, 5.74) is 5.14. The molecule has 0 aromatic carbocycles. The van der Waals surface area contributed by atoms with Crippen molar-refractivity contribution >= 4 is 5.91 Å². The molecular formula is C11H21F3N2O. The van der Waals surface area contributed by atoms with Gasteiger partial charge in [0.15, 0.2) is 0 Å². The fraction of sp³-hybridized carbons (Fsp3) is 0.909. The van der Waals surface area contributed by atoms with Crippen LogP contribution < -0.4 is 5.73 Å². The molecule has 0 rings (SSSR count). The van der Waals surface area contributed by atoms with Crippen LogP contribution in [0.4, 0.5) is 13.2 Å². The van der Waals surface area contributed by atoms with E-state index in [2.05, 4.69) is 0 Å². The molecule has 0 aromatic rings. The van der Waals surface area contributed by atoms with E-state index in [-0.39, 0.29) is 6.54 Å². The van der Waals surface area contributed by atoms with Gasteiger partial charge in [0, 0.05) is 6.54 Å². The quantitative estimate of drug-likeness (QED) is 0.835. The molecule has 0 aliphatic carbocycles. The number of halogens is 3. The SMILES string of the molecule is CCCN(CC(F)(F)F)C(=O)[C@H](N)C(C)(C)C. The molecule has 1 atom stereocenters. The summed E-state index contributed by atoms with van der Waals surface area (Å²) in [6.07, 6.45) is -3.92. The number of hydrogen-bond acceptors (Lipinski definition) is 2. The lowest BCUT2D eigenvalue weighted by molar-refractivity contribution is -0.163. The molecule has 0 radical (unpaired) electrons. The largest absolute Gasteiger partial charge is 0.406 e. The van der Waals surface area contributed by atoms with Crippen molar-refractivity contribution in [3.63, 3.8) is 0 Å². The van der Waals surface area contributed by atoms with Crippen molar-refractivity contribution in [2.75, 3.05) is 13.1 Å². The Kier molecular flexibility index (Phi) is 5.45. The summed E-state index contributed by atoms with van der Waals surface area (Å²) in [7, 11) is 0. The Morgan fingerprint density at radius 2 is 1.76 bits per heavy atom. The fourth-order valence-electron chi connectivity index (χ4n) is 1.32. The maximum absolute atomic E-state index is 12.3. The average Bonchev–Trinajstić information content (AvgIpc) is 2.11. The molecule has 0 aliphatic rings. The highest BCUT2D eigenvalue weighted by molar-refractivity contribution is 5.82. The molecule has 0 spiro atoms. The van der Waals surface area contributed by atoms with E-state index in [9.17, 15) is 18.0 Å². The smallest absolute Gasteiger partial charge is 0.332 e. The number of rotatable bonds is 4. The molecule has 17 heavy (non-hydrogen) atoms. The standard InChI is InChI=1S/C11H21F3N2O/c1-5-6-16(7-11(12,13)14)9(17)8(15)10(2,3)4/h8H,5-7,15H2,1-4H3/t8-/m0/s1. The molecule has 3 nitrogen and oxygen atoms in total. The van der Waals surface area contributed by atoms with Crippen LogP contribution in [0.5, 0.6) is 0 Å². The van der Waals surface area contributed by atoms with E-state index >= 15 is 0 Å². The van der Waals surface area contributed by atoms with Crippen LogP contribution in [0.2, 0.25) is 0 Å². The maximum atomic E-state index is 12.3. The first-order valence-electron chi connectivity index (χ1n) is 5.60. The van der Waals surface area contributed by atoms with E-state index in [1.807, 2.05) is 0 Å². The van der Waals surface area contributed by atoms with Crippen LogP contribution in [-0.2, 0) is 4.79 Å². The van der Waals surface area contributed by atoms with Gasteiger partial charge in [-0.1, -0.05) is 27.7 Å². The number of carbonyl (C=O) groups excluding carboxylic acids is 1. The Hall–Kier alpha value is -0.780. The molecule has 0 heterocycles. The Labute approximate surface area is 100 Å². The second-order valence-corrected chi connectivity index (χ2v) is 5.22. The van der Waals surface area contributed by atoms with Gasteiger partial charge < -0.3 is 10.6 Å². The third-order valence-electron chi connectivity index (χ3n) is 2.37. The van der Waals surface area contributed by atoms with E-state index in [1.165, 1.54) is 0 Å². The van der Waals surface area contributed by atoms with Crippen molar-refractivity contribution in [2.45, 2.75) is 46.3 Å². The van der Waals surface area contributed by atoms with Gasteiger partial charge in [0.05, 0.1) is 6.04 Å². The lowest BCUT2D eigenvalue weighted by atomic mass is 9.86. The van der Waals surface area contributed by atoms with E-state index in [4.69, 9.17) is 5.73 Å². The molecule has 1 amide bonds. The highest BCUT2D eigenvalue weighted by Gasteiger charge is 2.37. The lowest BCUT2D eigenvalue weighted by Crippen LogP contribution is -2.52. The van der Waals surface area contributed by atoms with Crippen LogP contribution in [0.15, 0.2) is 0 Å². The summed E-state index contributed by atoms with van der Waals surface area (Å²) >= 11 is 0. The minimum Gasteiger partial charge on any atom is -0.332 e. The highest BCUT2D eigenvalue weighted by atomic mass is 19.4. The van der Waals surface area contributed by atoms with E-state index in [0.29, 0.717) is 6.42 Å². The van der Waals surface area contributed by atoms with Crippen LogP contribution in [0.3, 0.4) is 0 Å². The summed E-state index contributed by atoms with van der Waals surface area (Å²) in [5, 5.41) is 0. The van der Waals surface area contributed by atoms with Crippen LogP contribution in [0.1, 0.15) is 34.1 Å². The molecule has 0 fully saturated rings. The molecule has 0 aliphatic heterocycles. The minimum absolute atomic E-state index is 0.0716. The molecular weight excluding hydrogens is 233 g/mol. The van der Waals surface area contributed by atoms with E-state index in [0.717, 1.165) is 4.90 Å². The summed E-state index contributed by atoms with van der Waals surface area (Å²) < 4.78 is 36.9. The van der Waals surface area contributed by atoms with Gasteiger partial charge in [0.2, 0.25) is 5.91 Å². The van der Waals surface area contributed by atoms with Crippen molar-refractivity contribution in [3.05, 3.63) is 0 Å². The maximum Gasteiger partial charge on any atom is 0.406 e. The Bertz CT molecular complexity index is 258.